The van der Waals surface area contributed by atoms with E-state index in [4.69, 9.17) is 0 Å². The quantitative estimate of drug-likeness (QED) is 0.793. The van der Waals surface area contributed by atoms with E-state index in [0.29, 0.717) is 11.5 Å². The molecule has 0 bridgehead atoms. The molecule has 3 aromatic heterocycles. The summed E-state index contributed by atoms with van der Waals surface area (Å²) in [5, 5.41) is 14.1. The van der Waals surface area contributed by atoms with Crippen LogP contribution in [0.3, 0.4) is 0 Å². The zero-order valence-corrected chi connectivity index (χ0v) is 14.5. The summed E-state index contributed by atoms with van der Waals surface area (Å²) in [6.45, 7) is 6.60. The molecule has 0 aromatic carbocycles. The molecule has 130 valence electrons. The third kappa shape index (κ3) is 3.10. The van der Waals surface area contributed by atoms with E-state index >= 15 is 0 Å². The molecule has 0 amide bonds. The smallest absolute Gasteiger partial charge is 0.255 e. The van der Waals surface area contributed by atoms with Crippen LogP contribution >= 0.6 is 0 Å². The van der Waals surface area contributed by atoms with Gasteiger partial charge < -0.3 is 5.11 Å². The summed E-state index contributed by atoms with van der Waals surface area (Å²) in [5.74, 6) is -0.269. The molecule has 0 unspecified atom stereocenters. The average Bonchev–Trinajstić information content (AvgIpc) is 2.91. The summed E-state index contributed by atoms with van der Waals surface area (Å²) in [5.41, 5.74) is 0.588. The van der Waals surface area contributed by atoms with Gasteiger partial charge in [-0.2, -0.15) is 5.10 Å². The summed E-state index contributed by atoms with van der Waals surface area (Å²) in [6, 6.07) is 6.68. The van der Waals surface area contributed by atoms with Crippen molar-refractivity contribution in [3.8, 4) is 11.5 Å². The van der Waals surface area contributed by atoms with Crippen LogP contribution in [0.4, 0.5) is 4.39 Å². The molecule has 0 aliphatic heterocycles. The second-order valence-corrected chi connectivity index (χ2v) is 6.50. The van der Waals surface area contributed by atoms with Gasteiger partial charge >= 0.3 is 0 Å². The molecule has 3 heterocycles. The predicted octanol–water partition coefficient (Wildman–Crippen LogP) is 2.40. The number of hydrogen-bond donors (Lipinski definition) is 1. The van der Waals surface area contributed by atoms with Gasteiger partial charge in [-0.15, -0.1) is 0 Å². The highest BCUT2D eigenvalue weighted by molar-refractivity contribution is 5.45. The van der Waals surface area contributed by atoms with E-state index in [1.807, 2.05) is 19.9 Å². The van der Waals surface area contributed by atoms with Crippen LogP contribution in [0.5, 0.6) is 0 Å². The van der Waals surface area contributed by atoms with Gasteiger partial charge in [0.1, 0.15) is 11.3 Å². The van der Waals surface area contributed by atoms with Gasteiger partial charge in [-0.25, -0.2) is 14.1 Å². The van der Waals surface area contributed by atoms with Gasteiger partial charge in [0, 0.05) is 24.0 Å². The topological polar surface area (TPSA) is 72.9 Å². The molecule has 6 nitrogen and oxygen atoms in total. The zero-order chi connectivity index (χ0) is 18.4. The molecule has 0 spiro atoms. The Morgan fingerprint density at radius 2 is 1.96 bits per heavy atom. The first kappa shape index (κ1) is 17.0. The summed E-state index contributed by atoms with van der Waals surface area (Å²) in [4.78, 5) is 16.5. The van der Waals surface area contributed by atoms with Crippen LogP contribution in [0.25, 0.3) is 11.5 Å². The Kier molecular flexibility index (Phi) is 4.04. The number of aliphatic hydroxyl groups is 1. The molecule has 0 aliphatic carbocycles. The second-order valence-electron chi connectivity index (χ2n) is 6.50. The highest BCUT2D eigenvalue weighted by atomic mass is 19.1. The monoisotopic (exact) mass is 342 g/mol. The van der Waals surface area contributed by atoms with Crippen molar-refractivity contribution >= 4 is 0 Å². The third-order valence-corrected chi connectivity index (χ3v) is 3.93. The van der Waals surface area contributed by atoms with E-state index in [-0.39, 0.29) is 11.3 Å². The molecule has 0 atom stereocenters. The Morgan fingerprint density at radius 1 is 1.24 bits per heavy atom. The molecular formula is C18H19FN4O2. The van der Waals surface area contributed by atoms with Crippen molar-refractivity contribution < 1.29 is 9.50 Å². The summed E-state index contributed by atoms with van der Waals surface area (Å²) < 4.78 is 16.9. The first-order chi connectivity index (χ1) is 11.7. The van der Waals surface area contributed by atoms with E-state index in [2.05, 4.69) is 10.1 Å². The fraction of sp³-hybridized carbons (Fsp3) is 0.278. The Hall–Kier alpha value is -2.80. The number of aromatic nitrogens is 4. The maximum atomic E-state index is 14.1. The van der Waals surface area contributed by atoms with Crippen molar-refractivity contribution in [3.63, 3.8) is 0 Å². The van der Waals surface area contributed by atoms with Crippen molar-refractivity contribution in [3.05, 3.63) is 69.8 Å². The van der Waals surface area contributed by atoms with E-state index in [1.54, 1.807) is 22.9 Å². The fourth-order valence-electron chi connectivity index (χ4n) is 2.65. The van der Waals surface area contributed by atoms with Crippen LogP contribution in [0.1, 0.15) is 30.8 Å². The molecule has 3 aromatic rings. The molecule has 3 rings (SSSR count). The van der Waals surface area contributed by atoms with Gasteiger partial charge in [-0.05, 0) is 39.3 Å². The van der Waals surface area contributed by atoms with Crippen LogP contribution in [-0.2, 0) is 5.60 Å². The lowest BCUT2D eigenvalue weighted by Crippen LogP contribution is -2.20. The van der Waals surface area contributed by atoms with Gasteiger partial charge in [0.25, 0.3) is 5.56 Å². The largest absolute Gasteiger partial charge is 0.384 e. The summed E-state index contributed by atoms with van der Waals surface area (Å²) >= 11 is 0. The lowest BCUT2D eigenvalue weighted by atomic mass is 10.1. The zero-order valence-electron chi connectivity index (χ0n) is 14.5. The SMILES string of the molecule is Cc1cnc(-n2cc(F)c(C(C)(C)O)n2)cc1-n1c(C)cccc1=O. The first-order valence-corrected chi connectivity index (χ1v) is 7.82. The number of halogens is 1. The summed E-state index contributed by atoms with van der Waals surface area (Å²) in [7, 11) is 0. The van der Waals surface area contributed by atoms with E-state index in [1.165, 1.54) is 24.6 Å². The van der Waals surface area contributed by atoms with Crippen LogP contribution in [0, 0.1) is 19.7 Å². The van der Waals surface area contributed by atoms with Gasteiger partial charge in [0.2, 0.25) is 0 Å². The number of hydrogen-bond acceptors (Lipinski definition) is 4. The number of nitrogens with zero attached hydrogens (tertiary/aromatic N) is 4. The predicted molar refractivity (Wildman–Crippen MR) is 91.6 cm³/mol. The molecule has 0 fully saturated rings. The lowest BCUT2D eigenvalue weighted by molar-refractivity contribution is 0.0695. The van der Waals surface area contributed by atoms with Crippen molar-refractivity contribution in [1.82, 2.24) is 19.3 Å². The average molecular weight is 342 g/mol. The maximum Gasteiger partial charge on any atom is 0.255 e. The second kappa shape index (κ2) is 5.93. The third-order valence-electron chi connectivity index (χ3n) is 3.93. The van der Waals surface area contributed by atoms with Gasteiger partial charge in [-0.3, -0.25) is 9.36 Å². The minimum absolute atomic E-state index is 0.0653. The standard InChI is InChI=1S/C18H19FN4O2/c1-11-9-20-15(22-10-13(19)17(21-22)18(3,4)25)8-14(11)23-12(2)6-5-7-16(23)24/h5-10,25H,1-4H3. The first-order valence-electron chi connectivity index (χ1n) is 7.82. The van der Waals surface area contributed by atoms with Crippen molar-refractivity contribution in [2.45, 2.75) is 33.3 Å². The van der Waals surface area contributed by atoms with Crippen molar-refractivity contribution in [1.29, 1.82) is 0 Å². The number of rotatable bonds is 3. The van der Waals surface area contributed by atoms with Crippen molar-refractivity contribution in [2.75, 3.05) is 0 Å². The molecule has 0 radical (unpaired) electrons. The van der Waals surface area contributed by atoms with Crippen molar-refractivity contribution in [2.24, 2.45) is 0 Å². The Labute approximate surface area is 144 Å². The molecule has 0 aliphatic rings. The summed E-state index contributed by atoms with van der Waals surface area (Å²) in [6.07, 6.45) is 2.77. The van der Waals surface area contributed by atoms with Gasteiger partial charge in [0.05, 0.1) is 11.9 Å². The maximum absolute atomic E-state index is 14.1. The van der Waals surface area contributed by atoms with Gasteiger partial charge in [-0.1, -0.05) is 6.07 Å². The van der Waals surface area contributed by atoms with Crippen LogP contribution < -0.4 is 5.56 Å². The van der Waals surface area contributed by atoms with Gasteiger partial charge in [0.15, 0.2) is 11.6 Å². The molecule has 7 heteroatoms. The van der Waals surface area contributed by atoms with Crippen LogP contribution in [0.15, 0.2) is 41.5 Å². The minimum Gasteiger partial charge on any atom is -0.384 e. The molecular weight excluding hydrogens is 323 g/mol. The number of aryl methyl sites for hydroxylation is 2. The lowest BCUT2D eigenvalue weighted by Gasteiger charge is -2.14. The number of pyridine rings is 2. The Morgan fingerprint density at radius 3 is 2.56 bits per heavy atom. The highest BCUT2D eigenvalue weighted by Gasteiger charge is 2.25. The normalized spacial score (nSPS) is 11.8. The molecule has 0 saturated carbocycles. The molecule has 0 saturated heterocycles. The Balaban J connectivity index is 2.17. The van der Waals surface area contributed by atoms with E-state index in [0.717, 1.165) is 17.5 Å². The van der Waals surface area contributed by atoms with E-state index < -0.39 is 11.4 Å². The molecule has 25 heavy (non-hydrogen) atoms. The molecule has 1 N–H and O–H groups in total. The highest BCUT2D eigenvalue weighted by Crippen LogP contribution is 2.23. The van der Waals surface area contributed by atoms with E-state index in [9.17, 15) is 14.3 Å². The van der Waals surface area contributed by atoms with Crippen LogP contribution in [-0.4, -0.2) is 24.4 Å². The van der Waals surface area contributed by atoms with Crippen LogP contribution in [0.2, 0.25) is 0 Å². The fourth-order valence-corrected chi connectivity index (χ4v) is 2.65. The Bertz CT molecular complexity index is 999. The minimum atomic E-state index is -1.41.